The third-order valence-corrected chi connectivity index (χ3v) is 6.13. The van der Waals surface area contributed by atoms with Gasteiger partial charge in [-0.2, -0.15) is 0 Å². The van der Waals surface area contributed by atoms with Gasteiger partial charge in [0, 0.05) is 11.1 Å². The van der Waals surface area contributed by atoms with Gasteiger partial charge >= 0.3 is 0 Å². The van der Waals surface area contributed by atoms with E-state index in [2.05, 4.69) is 54.4 Å². The first-order valence-electron chi connectivity index (χ1n) is 10.8. The Labute approximate surface area is 170 Å². The molecule has 0 aliphatic carbocycles. The maximum absolute atomic E-state index is 13.6. The molecule has 3 rings (SSSR count). The van der Waals surface area contributed by atoms with Gasteiger partial charge in [-0.1, -0.05) is 81.6 Å². The smallest absolute Gasteiger partial charge is 0.242 e. The molecule has 1 aliphatic rings. The average molecular weight is 379 g/mol. The SMILES string of the molecule is CCCCCC(C)(c1ccccc1)C(C(=O)Nc1ccccc1)N1CCCC1. The van der Waals surface area contributed by atoms with E-state index in [1.165, 1.54) is 31.2 Å². The van der Waals surface area contributed by atoms with Crippen molar-refractivity contribution in [2.45, 2.75) is 63.8 Å². The fourth-order valence-electron chi connectivity index (χ4n) is 4.59. The molecule has 2 atom stereocenters. The van der Waals surface area contributed by atoms with Crippen molar-refractivity contribution in [3.05, 3.63) is 66.2 Å². The first-order chi connectivity index (χ1) is 13.6. The van der Waals surface area contributed by atoms with Crippen LogP contribution in [-0.4, -0.2) is 29.9 Å². The molecule has 1 fully saturated rings. The Kier molecular flexibility index (Phi) is 7.27. The van der Waals surface area contributed by atoms with Gasteiger partial charge in [-0.05, 0) is 50.0 Å². The molecule has 0 aromatic heterocycles. The zero-order valence-electron chi connectivity index (χ0n) is 17.4. The second-order valence-electron chi connectivity index (χ2n) is 8.24. The minimum atomic E-state index is -0.209. The topological polar surface area (TPSA) is 32.3 Å². The Morgan fingerprint density at radius 3 is 2.21 bits per heavy atom. The number of para-hydroxylation sites is 1. The third-order valence-electron chi connectivity index (χ3n) is 6.13. The van der Waals surface area contributed by atoms with E-state index in [0.29, 0.717) is 0 Å². The number of carbonyl (C=O) groups excluding carboxylic acids is 1. The molecule has 1 heterocycles. The molecular formula is C25H34N2O. The highest BCUT2D eigenvalue weighted by Gasteiger charge is 2.44. The fourth-order valence-corrected chi connectivity index (χ4v) is 4.59. The highest BCUT2D eigenvalue weighted by atomic mass is 16.2. The van der Waals surface area contributed by atoms with E-state index < -0.39 is 0 Å². The largest absolute Gasteiger partial charge is 0.325 e. The molecule has 3 nitrogen and oxygen atoms in total. The molecule has 1 saturated heterocycles. The summed E-state index contributed by atoms with van der Waals surface area (Å²) in [5.74, 6) is 0.121. The zero-order chi connectivity index (χ0) is 19.8. The van der Waals surface area contributed by atoms with Crippen LogP contribution in [0, 0.1) is 0 Å². The first-order valence-corrected chi connectivity index (χ1v) is 10.8. The van der Waals surface area contributed by atoms with Crippen molar-refractivity contribution in [2.24, 2.45) is 0 Å². The van der Waals surface area contributed by atoms with Gasteiger partial charge in [-0.3, -0.25) is 9.69 Å². The highest BCUT2D eigenvalue weighted by molar-refractivity contribution is 5.96. The summed E-state index contributed by atoms with van der Waals surface area (Å²) in [4.78, 5) is 16.0. The van der Waals surface area contributed by atoms with Gasteiger partial charge in [-0.15, -0.1) is 0 Å². The standard InChI is InChI=1S/C25H34N2O/c1-3-4-11-18-25(2,21-14-7-5-8-15-21)23(27-19-12-13-20-27)24(28)26-22-16-9-6-10-17-22/h5-10,14-17,23H,3-4,11-13,18-20H2,1-2H3,(H,26,28). The summed E-state index contributed by atoms with van der Waals surface area (Å²) in [6, 6.07) is 20.4. The lowest BCUT2D eigenvalue weighted by Crippen LogP contribution is -2.55. The monoisotopic (exact) mass is 378 g/mol. The summed E-state index contributed by atoms with van der Waals surface area (Å²) in [5, 5.41) is 3.20. The Balaban J connectivity index is 1.95. The maximum atomic E-state index is 13.6. The maximum Gasteiger partial charge on any atom is 0.242 e. The third kappa shape index (κ3) is 4.82. The molecule has 1 N–H and O–H groups in total. The molecule has 0 bridgehead atoms. The minimum Gasteiger partial charge on any atom is -0.325 e. The molecule has 3 heteroatoms. The van der Waals surface area contributed by atoms with Crippen LogP contribution in [0.15, 0.2) is 60.7 Å². The predicted octanol–water partition coefficient (Wildman–Crippen LogP) is 5.63. The lowest BCUT2D eigenvalue weighted by Gasteiger charge is -2.42. The lowest BCUT2D eigenvalue weighted by atomic mass is 9.71. The van der Waals surface area contributed by atoms with Crippen LogP contribution in [0.25, 0.3) is 0 Å². The van der Waals surface area contributed by atoms with Crippen LogP contribution >= 0.6 is 0 Å². The average Bonchev–Trinajstić information content (AvgIpc) is 3.24. The number of rotatable bonds is 9. The van der Waals surface area contributed by atoms with Gasteiger partial charge in [-0.25, -0.2) is 0 Å². The van der Waals surface area contributed by atoms with Gasteiger partial charge in [0.1, 0.15) is 0 Å². The van der Waals surface area contributed by atoms with Crippen LogP contribution in [0.5, 0.6) is 0 Å². The summed E-state index contributed by atoms with van der Waals surface area (Å²) in [7, 11) is 0. The van der Waals surface area contributed by atoms with Crippen LogP contribution in [0.3, 0.4) is 0 Å². The number of likely N-dealkylation sites (tertiary alicyclic amines) is 1. The van der Waals surface area contributed by atoms with E-state index in [0.717, 1.165) is 31.6 Å². The predicted molar refractivity (Wildman–Crippen MR) is 118 cm³/mol. The number of hydrogen-bond acceptors (Lipinski definition) is 2. The molecule has 28 heavy (non-hydrogen) atoms. The molecule has 2 aromatic carbocycles. The number of anilines is 1. The number of amides is 1. The zero-order valence-corrected chi connectivity index (χ0v) is 17.4. The summed E-state index contributed by atoms with van der Waals surface area (Å²) in [6.45, 7) is 6.54. The molecule has 0 spiro atoms. The second-order valence-corrected chi connectivity index (χ2v) is 8.24. The second kappa shape index (κ2) is 9.88. The van der Waals surface area contributed by atoms with Crippen molar-refractivity contribution in [1.29, 1.82) is 0 Å². The molecule has 1 aliphatic heterocycles. The van der Waals surface area contributed by atoms with E-state index in [1.807, 2.05) is 30.3 Å². The molecule has 150 valence electrons. The summed E-state index contributed by atoms with van der Waals surface area (Å²) >= 11 is 0. The van der Waals surface area contributed by atoms with Crippen molar-refractivity contribution in [1.82, 2.24) is 4.90 Å². The van der Waals surface area contributed by atoms with Crippen LogP contribution < -0.4 is 5.32 Å². The van der Waals surface area contributed by atoms with Crippen molar-refractivity contribution in [3.8, 4) is 0 Å². The Morgan fingerprint density at radius 2 is 1.61 bits per heavy atom. The van der Waals surface area contributed by atoms with Crippen molar-refractivity contribution in [3.63, 3.8) is 0 Å². The summed E-state index contributed by atoms with van der Waals surface area (Å²) in [6.07, 6.45) is 6.91. The Bertz CT molecular complexity index is 725. The molecule has 2 unspecified atom stereocenters. The highest BCUT2D eigenvalue weighted by Crippen LogP contribution is 2.38. The van der Waals surface area contributed by atoms with Crippen molar-refractivity contribution < 1.29 is 4.79 Å². The van der Waals surface area contributed by atoms with E-state index in [9.17, 15) is 4.79 Å². The molecule has 0 saturated carbocycles. The van der Waals surface area contributed by atoms with E-state index in [-0.39, 0.29) is 17.4 Å². The molecule has 2 aromatic rings. The normalized spacial score (nSPS) is 17.8. The molecule has 0 radical (unpaired) electrons. The quantitative estimate of drug-likeness (QED) is 0.574. The van der Waals surface area contributed by atoms with Gasteiger partial charge in [0.05, 0.1) is 6.04 Å². The summed E-state index contributed by atoms with van der Waals surface area (Å²) in [5.41, 5.74) is 1.94. The van der Waals surface area contributed by atoms with Crippen molar-refractivity contribution in [2.75, 3.05) is 18.4 Å². The fraction of sp³-hybridized carbons (Fsp3) is 0.480. The minimum absolute atomic E-state index is 0.121. The lowest BCUT2D eigenvalue weighted by molar-refractivity contribution is -0.123. The molecular weight excluding hydrogens is 344 g/mol. The van der Waals surface area contributed by atoms with Crippen LogP contribution in [-0.2, 0) is 10.2 Å². The Morgan fingerprint density at radius 1 is 1.00 bits per heavy atom. The van der Waals surface area contributed by atoms with Gasteiger partial charge in [0.2, 0.25) is 5.91 Å². The number of unbranched alkanes of at least 4 members (excludes halogenated alkanes) is 2. The van der Waals surface area contributed by atoms with Crippen LogP contribution in [0.4, 0.5) is 5.69 Å². The first kappa shape index (κ1) is 20.6. The van der Waals surface area contributed by atoms with Gasteiger partial charge in [0.25, 0.3) is 0 Å². The van der Waals surface area contributed by atoms with Crippen LogP contribution in [0.2, 0.25) is 0 Å². The number of nitrogens with zero attached hydrogens (tertiary/aromatic N) is 1. The van der Waals surface area contributed by atoms with Crippen molar-refractivity contribution >= 4 is 11.6 Å². The molecule has 1 amide bonds. The number of nitrogens with one attached hydrogen (secondary N) is 1. The van der Waals surface area contributed by atoms with Gasteiger partial charge < -0.3 is 5.32 Å². The number of carbonyl (C=O) groups is 1. The summed E-state index contributed by atoms with van der Waals surface area (Å²) < 4.78 is 0. The Hall–Kier alpha value is -2.13. The van der Waals surface area contributed by atoms with Gasteiger partial charge in [0.15, 0.2) is 0 Å². The van der Waals surface area contributed by atoms with Crippen LogP contribution in [0.1, 0.15) is 57.9 Å². The van der Waals surface area contributed by atoms with E-state index in [4.69, 9.17) is 0 Å². The number of hydrogen-bond donors (Lipinski definition) is 1. The van der Waals surface area contributed by atoms with E-state index in [1.54, 1.807) is 0 Å². The van der Waals surface area contributed by atoms with E-state index >= 15 is 0 Å². The number of benzene rings is 2.